The summed E-state index contributed by atoms with van der Waals surface area (Å²) in [5, 5.41) is 16.2. The van der Waals surface area contributed by atoms with Crippen LogP contribution in [0.3, 0.4) is 0 Å². The molecule has 170 valence electrons. The molecule has 4 rings (SSSR count). The fraction of sp³-hybridized carbons (Fsp3) is 0.217. The second-order valence-corrected chi connectivity index (χ2v) is 7.50. The zero-order valence-electron chi connectivity index (χ0n) is 18.1. The average molecular weight is 468 g/mol. The molecule has 0 spiro atoms. The Morgan fingerprint density at radius 3 is 2.76 bits per heavy atom. The number of benzene rings is 2. The number of methoxy groups -OCH3 is 1. The van der Waals surface area contributed by atoms with Gasteiger partial charge in [0.1, 0.15) is 18.1 Å². The van der Waals surface area contributed by atoms with Crippen molar-refractivity contribution in [2.24, 2.45) is 0 Å². The second kappa shape index (κ2) is 10.2. The summed E-state index contributed by atoms with van der Waals surface area (Å²) in [5.74, 6) is 1.99. The standard InChI is InChI=1S/C23H22ClN5O4/c1-15-12-18(6-7-19(15)24)33-14-21(30)25-10-11-32-22-9-8-20-26-27-23(29(20)28-22)16-4-3-5-17(13-16)31-2/h3-9,12-13H,10-11,14H2,1-2H3,(H,25,30). The maximum atomic E-state index is 12.0. The summed E-state index contributed by atoms with van der Waals surface area (Å²) in [6.07, 6.45) is 0. The van der Waals surface area contributed by atoms with Crippen molar-refractivity contribution in [3.8, 4) is 28.8 Å². The van der Waals surface area contributed by atoms with Gasteiger partial charge >= 0.3 is 0 Å². The van der Waals surface area contributed by atoms with Crippen molar-refractivity contribution < 1.29 is 19.0 Å². The van der Waals surface area contributed by atoms with Crippen molar-refractivity contribution in [2.45, 2.75) is 6.92 Å². The highest BCUT2D eigenvalue weighted by atomic mass is 35.5. The van der Waals surface area contributed by atoms with Gasteiger partial charge in [0.15, 0.2) is 18.1 Å². The van der Waals surface area contributed by atoms with E-state index in [0.29, 0.717) is 40.4 Å². The first-order valence-corrected chi connectivity index (χ1v) is 10.6. The van der Waals surface area contributed by atoms with Gasteiger partial charge in [0, 0.05) is 16.7 Å². The first kappa shape index (κ1) is 22.3. The van der Waals surface area contributed by atoms with Crippen molar-refractivity contribution in [1.29, 1.82) is 0 Å². The lowest BCUT2D eigenvalue weighted by atomic mass is 10.2. The molecule has 0 saturated carbocycles. The normalized spacial score (nSPS) is 10.8. The highest BCUT2D eigenvalue weighted by molar-refractivity contribution is 6.31. The summed E-state index contributed by atoms with van der Waals surface area (Å²) in [4.78, 5) is 12.0. The lowest BCUT2D eigenvalue weighted by Crippen LogP contribution is -2.32. The highest BCUT2D eigenvalue weighted by Crippen LogP contribution is 2.23. The molecule has 9 nitrogen and oxygen atoms in total. The molecule has 0 aliphatic rings. The molecule has 0 saturated heterocycles. The lowest BCUT2D eigenvalue weighted by Gasteiger charge is -2.09. The molecule has 0 bridgehead atoms. The molecule has 2 heterocycles. The Labute approximate surface area is 195 Å². The predicted molar refractivity (Wildman–Crippen MR) is 123 cm³/mol. The number of fused-ring (bicyclic) bond motifs is 1. The van der Waals surface area contributed by atoms with E-state index >= 15 is 0 Å². The van der Waals surface area contributed by atoms with E-state index in [-0.39, 0.29) is 19.1 Å². The van der Waals surface area contributed by atoms with Gasteiger partial charge < -0.3 is 19.5 Å². The molecule has 2 aromatic heterocycles. The van der Waals surface area contributed by atoms with Gasteiger partial charge in [0.25, 0.3) is 5.91 Å². The smallest absolute Gasteiger partial charge is 0.258 e. The largest absolute Gasteiger partial charge is 0.497 e. The summed E-state index contributed by atoms with van der Waals surface area (Å²) in [5.41, 5.74) is 2.28. The molecule has 0 radical (unpaired) electrons. The summed E-state index contributed by atoms with van der Waals surface area (Å²) in [7, 11) is 1.61. The van der Waals surface area contributed by atoms with E-state index in [0.717, 1.165) is 11.1 Å². The van der Waals surface area contributed by atoms with E-state index in [1.54, 1.807) is 42.0 Å². The number of halogens is 1. The number of hydrogen-bond acceptors (Lipinski definition) is 7. The van der Waals surface area contributed by atoms with Crippen molar-refractivity contribution in [1.82, 2.24) is 25.1 Å². The maximum Gasteiger partial charge on any atom is 0.258 e. The molecule has 10 heteroatoms. The van der Waals surface area contributed by atoms with Gasteiger partial charge in [0.2, 0.25) is 5.88 Å². The number of nitrogens with zero attached hydrogens (tertiary/aromatic N) is 4. The van der Waals surface area contributed by atoms with Crippen LogP contribution in [0.1, 0.15) is 5.56 Å². The quantitative estimate of drug-likeness (QED) is 0.377. The van der Waals surface area contributed by atoms with Crippen molar-refractivity contribution in [3.05, 3.63) is 65.2 Å². The van der Waals surface area contributed by atoms with E-state index in [4.69, 9.17) is 25.8 Å². The van der Waals surface area contributed by atoms with Crippen LogP contribution in [0, 0.1) is 6.92 Å². The van der Waals surface area contributed by atoms with Gasteiger partial charge in [-0.1, -0.05) is 23.7 Å². The van der Waals surface area contributed by atoms with Crippen LogP contribution >= 0.6 is 11.6 Å². The Kier molecular flexibility index (Phi) is 6.89. The number of aromatic nitrogens is 4. The van der Waals surface area contributed by atoms with Crippen molar-refractivity contribution in [3.63, 3.8) is 0 Å². The molecule has 0 aliphatic carbocycles. The number of aryl methyl sites for hydroxylation is 1. The molecular weight excluding hydrogens is 446 g/mol. The van der Waals surface area contributed by atoms with Gasteiger partial charge in [-0.3, -0.25) is 4.79 Å². The van der Waals surface area contributed by atoms with Gasteiger partial charge in [-0.05, 0) is 48.9 Å². The first-order valence-electron chi connectivity index (χ1n) is 10.2. The van der Waals surface area contributed by atoms with Crippen molar-refractivity contribution in [2.75, 3.05) is 26.9 Å². The molecular formula is C23H22ClN5O4. The van der Waals surface area contributed by atoms with Crippen LogP contribution in [0.15, 0.2) is 54.6 Å². The first-order chi connectivity index (χ1) is 16.0. The minimum Gasteiger partial charge on any atom is -0.497 e. The minimum absolute atomic E-state index is 0.101. The fourth-order valence-corrected chi connectivity index (χ4v) is 3.16. The zero-order chi connectivity index (χ0) is 23.2. The molecule has 2 aromatic carbocycles. The third-order valence-electron chi connectivity index (χ3n) is 4.74. The molecule has 1 amide bonds. The Morgan fingerprint density at radius 2 is 1.94 bits per heavy atom. The zero-order valence-corrected chi connectivity index (χ0v) is 18.9. The molecule has 0 aliphatic heterocycles. The molecule has 1 N–H and O–H groups in total. The monoisotopic (exact) mass is 467 g/mol. The van der Waals surface area contributed by atoms with E-state index in [9.17, 15) is 4.79 Å². The van der Waals surface area contributed by atoms with Crippen LogP contribution in [0.25, 0.3) is 17.0 Å². The Balaban J connectivity index is 1.30. The van der Waals surface area contributed by atoms with Gasteiger partial charge in [-0.25, -0.2) is 0 Å². The predicted octanol–water partition coefficient (Wildman–Crippen LogP) is 3.34. The second-order valence-electron chi connectivity index (χ2n) is 7.10. The summed E-state index contributed by atoms with van der Waals surface area (Å²) in [6.45, 7) is 2.31. The highest BCUT2D eigenvalue weighted by Gasteiger charge is 2.11. The van der Waals surface area contributed by atoms with E-state index in [1.165, 1.54) is 0 Å². The maximum absolute atomic E-state index is 12.0. The van der Waals surface area contributed by atoms with Gasteiger partial charge in [-0.2, -0.15) is 4.52 Å². The molecule has 0 fully saturated rings. The van der Waals surface area contributed by atoms with Gasteiger partial charge in [-0.15, -0.1) is 15.3 Å². The lowest BCUT2D eigenvalue weighted by molar-refractivity contribution is -0.123. The van der Waals surface area contributed by atoms with Crippen molar-refractivity contribution >= 4 is 23.2 Å². The molecule has 33 heavy (non-hydrogen) atoms. The number of ether oxygens (including phenoxy) is 3. The van der Waals surface area contributed by atoms with Crippen LogP contribution < -0.4 is 19.5 Å². The van der Waals surface area contributed by atoms with Crippen LogP contribution in [0.2, 0.25) is 5.02 Å². The van der Waals surface area contributed by atoms with Crippen LogP contribution in [0.5, 0.6) is 17.4 Å². The number of hydrogen-bond donors (Lipinski definition) is 1. The Morgan fingerprint density at radius 1 is 1.06 bits per heavy atom. The third-order valence-corrected chi connectivity index (χ3v) is 5.16. The van der Waals surface area contributed by atoms with E-state index in [2.05, 4.69) is 20.6 Å². The molecule has 0 atom stereocenters. The number of nitrogens with one attached hydrogen (secondary N) is 1. The molecule has 4 aromatic rings. The van der Waals surface area contributed by atoms with Crippen LogP contribution in [-0.4, -0.2) is 52.6 Å². The number of amides is 1. The summed E-state index contributed by atoms with van der Waals surface area (Å²) >= 11 is 5.99. The van der Waals surface area contributed by atoms with E-state index < -0.39 is 0 Å². The summed E-state index contributed by atoms with van der Waals surface area (Å²) in [6, 6.07) is 16.2. The van der Waals surface area contributed by atoms with Crippen LogP contribution in [-0.2, 0) is 4.79 Å². The average Bonchev–Trinajstić information content (AvgIpc) is 3.26. The SMILES string of the molecule is COc1cccc(-c2nnc3ccc(OCCNC(=O)COc4ccc(Cl)c(C)c4)nn23)c1. The topological polar surface area (TPSA) is 99.9 Å². The Hall–Kier alpha value is -3.85. The van der Waals surface area contributed by atoms with Crippen LogP contribution in [0.4, 0.5) is 0 Å². The summed E-state index contributed by atoms with van der Waals surface area (Å²) < 4.78 is 18.0. The number of carbonyl (C=O) groups is 1. The minimum atomic E-state index is -0.256. The number of rotatable bonds is 9. The fourth-order valence-electron chi connectivity index (χ4n) is 3.04. The molecule has 0 unspecified atom stereocenters. The van der Waals surface area contributed by atoms with Gasteiger partial charge in [0.05, 0.1) is 13.7 Å². The third kappa shape index (κ3) is 5.50. The Bertz CT molecular complexity index is 1280. The number of carbonyl (C=O) groups excluding carboxylic acids is 1. The van der Waals surface area contributed by atoms with E-state index in [1.807, 2.05) is 31.2 Å².